The number of likely N-dealkylation sites (N-methyl/N-ethyl adjacent to an activating group) is 1. The first kappa shape index (κ1) is 24.7. The molecule has 0 radical (unpaired) electrons. The fourth-order valence-corrected chi connectivity index (χ4v) is 6.83. The second-order valence-corrected chi connectivity index (χ2v) is 11.6. The summed E-state index contributed by atoms with van der Waals surface area (Å²) in [6, 6.07) is 13.9. The second kappa shape index (κ2) is 9.90. The van der Waals surface area contributed by atoms with E-state index in [4.69, 9.17) is 16.6 Å². The zero-order valence-electron chi connectivity index (χ0n) is 21.4. The van der Waals surface area contributed by atoms with Crippen LogP contribution in [0.5, 0.6) is 0 Å². The van der Waals surface area contributed by atoms with Gasteiger partial charge in [0.15, 0.2) is 0 Å². The molecule has 194 valence electrons. The highest BCUT2D eigenvalue weighted by atomic mass is 35.5. The van der Waals surface area contributed by atoms with Crippen LogP contribution in [0.15, 0.2) is 36.4 Å². The number of aromatic nitrogens is 2. The molecule has 1 N–H and O–H groups in total. The van der Waals surface area contributed by atoms with Gasteiger partial charge in [-0.3, -0.25) is 0 Å². The van der Waals surface area contributed by atoms with Crippen LogP contribution in [0.25, 0.3) is 11.0 Å². The van der Waals surface area contributed by atoms with Crippen LogP contribution in [-0.4, -0.2) is 72.1 Å². The molecule has 3 aromatic rings. The van der Waals surface area contributed by atoms with E-state index in [9.17, 15) is 9.65 Å². The van der Waals surface area contributed by atoms with E-state index in [0.29, 0.717) is 23.0 Å². The number of hydrogen-bond donors (Lipinski definition) is 1. The number of nitriles is 1. The molecule has 0 bridgehead atoms. The number of benzene rings is 2. The molecule has 3 atom stereocenters. The molecule has 1 unspecified atom stereocenters. The zero-order valence-corrected chi connectivity index (χ0v) is 22.1. The lowest BCUT2D eigenvalue weighted by atomic mass is 9.80. The quantitative estimate of drug-likeness (QED) is 0.465. The van der Waals surface area contributed by atoms with Crippen LogP contribution in [-0.2, 0) is 5.41 Å². The van der Waals surface area contributed by atoms with Gasteiger partial charge in [-0.1, -0.05) is 23.7 Å². The Morgan fingerprint density at radius 2 is 2.08 bits per heavy atom. The van der Waals surface area contributed by atoms with E-state index in [1.54, 1.807) is 6.07 Å². The molecule has 3 fully saturated rings. The summed E-state index contributed by atoms with van der Waals surface area (Å²) in [4.78, 5) is 15.6. The molecule has 3 aliphatic rings. The third-order valence-electron chi connectivity index (χ3n) is 8.97. The van der Waals surface area contributed by atoms with Crippen LogP contribution in [0.3, 0.4) is 0 Å². The molecule has 6 nitrogen and oxygen atoms in total. The van der Waals surface area contributed by atoms with Gasteiger partial charge in [0.25, 0.3) is 0 Å². The Kier molecular flexibility index (Phi) is 6.60. The fraction of sp³-hybridized carbons (Fsp3) is 0.517. The monoisotopic (exact) mass is 520 g/mol. The molecule has 8 heteroatoms. The first-order valence-electron chi connectivity index (χ1n) is 13.5. The summed E-state index contributed by atoms with van der Waals surface area (Å²) in [6.45, 7) is 6.48. The maximum Gasteiger partial charge on any atom is 0.204 e. The lowest BCUT2D eigenvalue weighted by molar-refractivity contribution is 0.153. The number of aromatic amines is 1. The van der Waals surface area contributed by atoms with Crippen LogP contribution in [0, 0.1) is 23.1 Å². The fourth-order valence-electron chi connectivity index (χ4n) is 6.67. The molecule has 2 aromatic carbocycles. The lowest BCUT2D eigenvalue weighted by Gasteiger charge is -2.38. The molecule has 0 spiro atoms. The van der Waals surface area contributed by atoms with E-state index in [1.807, 2.05) is 12.1 Å². The molecule has 1 saturated heterocycles. The summed E-state index contributed by atoms with van der Waals surface area (Å²) in [5.74, 6) is 1.02. The number of hydrogen-bond acceptors (Lipinski definition) is 5. The second-order valence-electron chi connectivity index (χ2n) is 11.2. The number of nitrogens with zero attached hydrogens (tertiary/aromatic N) is 5. The predicted octanol–water partition coefficient (Wildman–Crippen LogP) is 5.18. The minimum atomic E-state index is -0.425. The van der Waals surface area contributed by atoms with E-state index >= 15 is 0 Å². The van der Waals surface area contributed by atoms with Crippen LogP contribution < -0.4 is 4.90 Å². The number of H-pyrrole nitrogens is 1. The first-order valence-corrected chi connectivity index (χ1v) is 13.9. The summed E-state index contributed by atoms with van der Waals surface area (Å²) in [5, 5.41) is 9.48. The van der Waals surface area contributed by atoms with Crippen LogP contribution in [0.1, 0.15) is 43.2 Å². The van der Waals surface area contributed by atoms with Crippen molar-refractivity contribution in [3.63, 3.8) is 0 Å². The maximum absolute atomic E-state index is 14.1. The Morgan fingerprint density at radius 1 is 1.24 bits per heavy atom. The summed E-state index contributed by atoms with van der Waals surface area (Å²) in [5.41, 5.74) is 3.68. The highest BCUT2D eigenvalue weighted by Gasteiger charge is 2.58. The molecule has 1 aromatic heterocycles. The van der Waals surface area contributed by atoms with Crippen molar-refractivity contribution in [2.24, 2.45) is 5.92 Å². The van der Waals surface area contributed by atoms with E-state index in [1.165, 1.54) is 18.1 Å². The van der Waals surface area contributed by atoms with Crippen molar-refractivity contribution in [3.05, 3.63) is 58.4 Å². The first-order chi connectivity index (χ1) is 17.9. The van der Waals surface area contributed by atoms with Gasteiger partial charge < -0.3 is 19.7 Å². The van der Waals surface area contributed by atoms with Crippen molar-refractivity contribution in [1.29, 1.82) is 5.26 Å². The van der Waals surface area contributed by atoms with Gasteiger partial charge in [-0.05, 0) is 80.8 Å². The van der Waals surface area contributed by atoms with Gasteiger partial charge in [-0.15, -0.1) is 0 Å². The van der Waals surface area contributed by atoms with Gasteiger partial charge in [0, 0.05) is 44.8 Å². The molecule has 2 saturated carbocycles. The Morgan fingerprint density at radius 3 is 2.86 bits per heavy atom. The summed E-state index contributed by atoms with van der Waals surface area (Å²) in [7, 11) is 2.19. The third-order valence-corrected chi connectivity index (χ3v) is 9.26. The van der Waals surface area contributed by atoms with Crippen molar-refractivity contribution < 1.29 is 4.39 Å². The average molecular weight is 521 g/mol. The van der Waals surface area contributed by atoms with Gasteiger partial charge in [0.1, 0.15) is 5.82 Å². The third kappa shape index (κ3) is 4.83. The van der Waals surface area contributed by atoms with Crippen LogP contribution in [0.2, 0.25) is 5.02 Å². The Balaban J connectivity index is 1.20. The minimum Gasteiger partial charge on any atom is -0.339 e. The average Bonchev–Trinajstić information content (AvgIpc) is 3.53. The number of piperazine rings is 1. The van der Waals surface area contributed by atoms with Gasteiger partial charge >= 0.3 is 0 Å². The van der Waals surface area contributed by atoms with Gasteiger partial charge in [-0.2, -0.15) is 5.26 Å². The SMILES string of the molecule is CN1CCN(CCCN(c2nc3cc(Cl)c(F)cc3[nH]2)[C@@H]2CC[C@]3(c4cccc(C#N)c4)CC3C2)CC1. The molecule has 1 aliphatic heterocycles. The molecule has 2 aliphatic carbocycles. The normalized spacial score (nSPS) is 26.1. The van der Waals surface area contributed by atoms with Gasteiger partial charge in [0.2, 0.25) is 5.95 Å². The van der Waals surface area contributed by atoms with Crippen LogP contribution in [0.4, 0.5) is 10.3 Å². The minimum absolute atomic E-state index is 0.104. The number of anilines is 1. The maximum atomic E-state index is 14.1. The smallest absolute Gasteiger partial charge is 0.204 e. The summed E-state index contributed by atoms with van der Waals surface area (Å²) in [6.07, 6.45) is 5.55. The lowest BCUT2D eigenvalue weighted by Crippen LogP contribution is -2.46. The topological polar surface area (TPSA) is 62.2 Å². The summed E-state index contributed by atoms with van der Waals surface area (Å²) >= 11 is 6.05. The molecule has 37 heavy (non-hydrogen) atoms. The molecular weight excluding hydrogens is 487 g/mol. The number of halogens is 2. The highest BCUT2D eigenvalue weighted by molar-refractivity contribution is 6.31. The largest absolute Gasteiger partial charge is 0.339 e. The predicted molar refractivity (Wildman–Crippen MR) is 146 cm³/mol. The van der Waals surface area contributed by atoms with Crippen molar-refractivity contribution in [3.8, 4) is 6.07 Å². The standard InChI is InChI=1S/C29H34ClFN6/c1-35-10-12-36(13-11-35)8-3-9-37(28-33-26-16-24(30)25(31)17-27(26)34-28)23-6-7-29(18-22(29)15-23)21-5-2-4-20(14-21)19-32/h2,4-5,14,16-17,22-23H,3,6-13,15,18H2,1H3,(H,33,34)/t22?,23-,29-/m1/s1. The Hall–Kier alpha value is -2.66. The van der Waals surface area contributed by atoms with Crippen molar-refractivity contribution in [2.45, 2.75) is 43.6 Å². The van der Waals surface area contributed by atoms with Crippen molar-refractivity contribution >= 4 is 28.6 Å². The van der Waals surface area contributed by atoms with E-state index in [-0.39, 0.29) is 10.4 Å². The van der Waals surface area contributed by atoms with Gasteiger partial charge in [0.05, 0.1) is 27.7 Å². The molecular formula is C29H34ClFN6. The number of fused-ring (bicyclic) bond motifs is 2. The molecule has 2 heterocycles. The van der Waals surface area contributed by atoms with Gasteiger partial charge in [-0.25, -0.2) is 9.37 Å². The number of nitrogens with one attached hydrogen (secondary N) is 1. The van der Waals surface area contributed by atoms with E-state index in [2.05, 4.69) is 44.9 Å². The van der Waals surface area contributed by atoms with E-state index < -0.39 is 5.82 Å². The molecule has 0 amide bonds. The number of rotatable bonds is 7. The zero-order chi connectivity index (χ0) is 25.6. The van der Waals surface area contributed by atoms with Crippen LogP contribution >= 0.6 is 11.6 Å². The highest BCUT2D eigenvalue weighted by Crippen LogP contribution is 2.63. The van der Waals surface area contributed by atoms with Crippen molar-refractivity contribution in [2.75, 3.05) is 51.2 Å². The molecule has 6 rings (SSSR count). The Bertz CT molecular complexity index is 1290. The number of imidazole rings is 1. The van der Waals surface area contributed by atoms with Crippen molar-refractivity contribution in [1.82, 2.24) is 19.8 Å². The van der Waals surface area contributed by atoms with E-state index in [0.717, 1.165) is 76.5 Å². The summed E-state index contributed by atoms with van der Waals surface area (Å²) < 4.78 is 14.1. The Labute approximate surface area is 223 Å².